The number of hydrogen-bond acceptors (Lipinski definition) is 3. The van der Waals surface area contributed by atoms with E-state index in [0.717, 1.165) is 21.7 Å². The topological polar surface area (TPSA) is 71.3 Å². The van der Waals surface area contributed by atoms with Crippen molar-refractivity contribution in [3.8, 4) is 0 Å². The van der Waals surface area contributed by atoms with Crippen LogP contribution >= 0.6 is 23.2 Å². The molecule has 0 aliphatic carbocycles. The number of halogens is 2. The molecule has 140 valence electrons. The average molecular weight is 413 g/mol. The third-order valence-corrected chi connectivity index (χ3v) is 4.93. The maximum Gasteiger partial charge on any atom is 0.271 e. The molecule has 0 unspecified atom stereocenters. The molecule has 0 aliphatic rings. The van der Waals surface area contributed by atoms with Crippen LogP contribution in [-0.4, -0.2) is 11.8 Å². The van der Waals surface area contributed by atoms with Crippen LogP contribution in [0.25, 0.3) is 21.7 Å². The van der Waals surface area contributed by atoms with E-state index in [9.17, 15) is 9.59 Å². The number of furan rings is 1. The molecule has 0 radical (unpaired) electrons. The normalized spacial score (nSPS) is 10.9. The Kier molecular flexibility index (Phi) is 4.94. The van der Waals surface area contributed by atoms with Gasteiger partial charge in [-0.2, -0.15) is 0 Å². The number of rotatable bonds is 3. The lowest BCUT2D eigenvalue weighted by atomic mass is 10.0. The number of benzene rings is 3. The van der Waals surface area contributed by atoms with Crippen molar-refractivity contribution < 1.29 is 14.0 Å². The average Bonchev–Trinajstić information content (AvgIpc) is 3.09. The van der Waals surface area contributed by atoms with Crippen molar-refractivity contribution in [2.75, 3.05) is 0 Å². The minimum absolute atomic E-state index is 0.0512. The number of hydrogen-bond donors (Lipinski definition) is 2. The number of nitrogens with one attached hydrogen (secondary N) is 2. The summed E-state index contributed by atoms with van der Waals surface area (Å²) in [6.45, 7) is 0. The number of carbonyl (C=O) groups is 2. The van der Waals surface area contributed by atoms with Gasteiger partial charge in [-0.3, -0.25) is 20.4 Å². The lowest BCUT2D eigenvalue weighted by Crippen LogP contribution is -2.42. The zero-order valence-corrected chi connectivity index (χ0v) is 16.0. The molecule has 0 spiro atoms. The van der Waals surface area contributed by atoms with Gasteiger partial charge in [0.2, 0.25) is 5.91 Å². The lowest BCUT2D eigenvalue weighted by molar-refractivity contribution is -0.121. The van der Waals surface area contributed by atoms with Crippen molar-refractivity contribution in [3.63, 3.8) is 0 Å². The van der Waals surface area contributed by atoms with Gasteiger partial charge >= 0.3 is 0 Å². The Labute approximate surface area is 170 Å². The van der Waals surface area contributed by atoms with Gasteiger partial charge in [-0.1, -0.05) is 53.5 Å². The maximum atomic E-state index is 12.3. The summed E-state index contributed by atoms with van der Waals surface area (Å²) >= 11 is 11.8. The van der Waals surface area contributed by atoms with Crippen molar-refractivity contribution in [2.24, 2.45) is 0 Å². The minimum Gasteiger partial charge on any atom is -0.464 e. The van der Waals surface area contributed by atoms with Gasteiger partial charge in [0.1, 0.15) is 5.58 Å². The molecule has 2 amide bonds. The summed E-state index contributed by atoms with van der Waals surface area (Å²) in [7, 11) is 0. The van der Waals surface area contributed by atoms with Gasteiger partial charge in [0.25, 0.3) is 5.91 Å². The molecule has 0 saturated carbocycles. The molecule has 28 heavy (non-hydrogen) atoms. The summed E-state index contributed by atoms with van der Waals surface area (Å²) < 4.78 is 5.58. The van der Waals surface area contributed by atoms with Gasteiger partial charge in [0.05, 0.1) is 23.3 Å². The van der Waals surface area contributed by atoms with E-state index in [1.54, 1.807) is 12.3 Å². The molecule has 7 heteroatoms. The van der Waals surface area contributed by atoms with Crippen molar-refractivity contribution in [3.05, 3.63) is 82.0 Å². The minimum atomic E-state index is -0.530. The van der Waals surface area contributed by atoms with Crippen LogP contribution in [0.3, 0.4) is 0 Å². The predicted molar refractivity (Wildman–Crippen MR) is 109 cm³/mol. The Bertz CT molecular complexity index is 1220. The van der Waals surface area contributed by atoms with Crippen LogP contribution in [0.15, 0.2) is 65.3 Å². The highest BCUT2D eigenvalue weighted by molar-refractivity contribution is 6.36. The van der Waals surface area contributed by atoms with E-state index >= 15 is 0 Å². The fourth-order valence-electron chi connectivity index (χ4n) is 3.09. The number of hydrazine groups is 1. The van der Waals surface area contributed by atoms with Crippen molar-refractivity contribution in [1.29, 1.82) is 0 Å². The molecule has 4 rings (SSSR count). The first-order valence-corrected chi connectivity index (χ1v) is 9.20. The third kappa shape index (κ3) is 3.54. The predicted octanol–water partition coefficient (Wildman–Crippen LogP) is 4.90. The van der Waals surface area contributed by atoms with Crippen molar-refractivity contribution in [2.45, 2.75) is 6.42 Å². The van der Waals surface area contributed by atoms with Gasteiger partial charge < -0.3 is 4.42 Å². The standard InChI is InChI=1S/C21H14Cl2N2O3/c22-14-6-7-16(17(23)10-14)21(27)25-24-19(26)9-13-11-28-18-8-5-12-3-1-2-4-15(12)20(13)18/h1-8,10-11H,9H2,(H,24,26)(H,25,27). The summed E-state index contributed by atoms with van der Waals surface area (Å²) in [6, 6.07) is 16.2. The molecule has 3 aromatic carbocycles. The molecule has 5 nitrogen and oxygen atoms in total. The monoisotopic (exact) mass is 412 g/mol. The molecule has 0 saturated heterocycles. The highest BCUT2D eigenvalue weighted by atomic mass is 35.5. The van der Waals surface area contributed by atoms with Gasteiger partial charge in [-0.15, -0.1) is 0 Å². The molecular weight excluding hydrogens is 399 g/mol. The van der Waals surface area contributed by atoms with Gasteiger partial charge in [0, 0.05) is 16.0 Å². The van der Waals surface area contributed by atoms with Gasteiger partial charge in [-0.25, -0.2) is 0 Å². The first kappa shape index (κ1) is 18.3. The number of amides is 2. The van der Waals surface area contributed by atoms with Gasteiger partial charge in [0.15, 0.2) is 0 Å². The first-order valence-electron chi connectivity index (χ1n) is 8.45. The second kappa shape index (κ2) is 7.54. The summed E-state index contributed by atoms with van der Waals surface area (Å²) in [5.74, 6) is -0.911. The number of carbonyl (C=O) groups excluding carboxylic acids is 2. The Morgan fingerprint density at radius 3 is 2.61 bits per heavy atom. The van der Waals surface area contributed by atoms with E-state index in [-0.39, 0.29) is 22.9 Å². The van der Waals surface area contributed by atoms with E-state index in [0.29, 0.717) is 10.6 Å². The van der Waals surface area contributed by atoms with Crippen LogP contribution in [-0.2, 0) is 11.2 Å². The van der Waals surface area contributed by atoms with Crippen LogP contribution in [0, 0.1) is 0 Å². The zero-order valence-electron chi connectivity index (χ0n) is 14.5. The largest absolute Gasteiger partial charge is 0.464 e. The molecule has 0 bridgehead atoms. The molecular formula is C21H14Cl2N2O3. The molecule has 1 aromatic heterocycles. The van der Waals surface area contributed by atoms with Crippen LogP contribution < -0.4 is 10.9 Å². The Morgan fingerprint density at radius 1 is 0.964 bits per heavy atom. The molecule has 1 heterocycles. The molecule has 0 fully saturated rings. The van der Waals surface area contributed by atoms with E-state index in [1.165, 1.54) is 12.1 Å². The lowest BCUT2D eigenvalue weighted by Gasteiger charge is -2.08. The highest BCUT2D eigenvalue weighted by Crippen LogP contribution is 2.30. The molecule has 0 atom stereocenters. The van der Waals surface area contributed by atoms with Crippen LogP contribution in [0.4, 0.5) is 0 Å². The fourth-order valence-corrected chi connectivity index (χ4v) is 3.58. The van der Waals surface area contributed by atoms with Crippen LogP contribution in [0.5, 0.6) is 0 Å². The fraction of sp³-hybridized carbons (Fsp3) is 0.0476. The summed E-state index contributed by atoms with van der Waals surface area (Å²) in [5.41, 5.74) is 6.42. The van der Waals surface area contributed by atoms with Crippen LogP contribution in [0.1, 0.15) is 15.9 Å². The van der Waals surface area contributed by atoms with Crippen molar-refractivity contribution >= 4 is 56.8 Å². The quantitative estimate of drug-likeness (QED) is 0.470. The zero-order chi connectivity index (χ0) is 19.7. The summed E-state index contributed by atoms with van der Waals surface area (Å²) in [5, 5.41) is 3.58. The number of fused-ring (bicyclic) bond motifs is 3. The second-order valence-electron chi connectivity index (χ2n) is 6.22. The Balaban J connectivity index is 1.50. The third-order valence-electron chi connectivity index (χ3n) is 4.38. The van der Waals surface area contributed by atoms with E-state index < -0.39 is 5.91 Å². The Morgan fingerprint density at radius 2 is 1.79 bits per heavy atom. The molecule has 4 aromatic rings. The maximum absolute atomic E-state index is 12.3. The van der Waals surface area contributed by atoms with E-state index in [1.807, 2.05) is 36.4 Å². The smallest absolute Gasteiger partial charge is 0.271 e. The van der Waals surface area contributed by atoms with E-state index in [2.05, 4.69) is 10.9 Å². The molecule has 0 aliphatic heterocycles. The first-order chi connectivity index (χ1) is 13.5. The summed E-state index contributed by atoms with van der Waals surface area (Å²) in [6.07, 6.45) is 1.62. The summed E-state index contributed by atoms with van der Waals surface area (Å²) in [4.78, 5) is 24.5. The van der Waals surface area contributed by atoms with Crippen molar-refractivity contribution in [1.82, 2.24) is 10.9 Å². The highest BCUT2D eigenvalue weighted by Gasteiger charge is 2.15. The van der Waals surface area contributed by atoms with Crippen LogP contribution in [0.2, 0.25) is 10.0 Å². The Hall–Kier alpha value is -3.02. The molecule has 2 N–H and O–H groups in total. The SMILES string of the molecule is O=C(Cc1coc2ccc3ccccc3c12)NNC(=O)c1ccc(Cl)cc1Cl. The second-order valence-corrected chi connectivity index (χ2v) is 7.07. The van der Waals surface area contributed by atoms with Gasteiger partial charge in [-0.05, 0) is 35.0 Å². The van der Waals surface area contributed by atoms with E-state index in [4.69, 9.17) is 27.6 Å².